The summed E-state index contributed by atoms with van der Waals surface area (Å²) in [4.78, 5) is 6.55. The molecule has 0 amide bonds. The van der Waals surface area contributed by atoms with Crippen molar-refractivity contribution in [2.45, 2.75) is 39.3 Å². The summed E-state index contributed by atoms with van der Waals surface area (Å²) in [7, 11) is 0. The van der Waals surface area contributed by atoms with Crippen molar-refractivity contribution in [1.29, 1.82) is 0 Å². The van der Waals surface area contributed by atoms with Crippen LogP contribution >= 0.6 is 0 Å². The zero-order valence-corrected chi connectivity index (χ0v) is 14.4. The van der Waals surface area contributed by atoms with Crippen LogP contribution in [0.2, 0.25) is 0 Å². The fraction of sp³-hybridized carbons (Fsp3) is 0.500. The molecule has 3 rings (SSSR count). The van der Waals surface area contributed by atoms with E-state index in [1.807, 2.05) is 26.1 Å². The molecule has 0 radical (unpaired) electrons. The van der Waals surface area contributed by atoms with Crippen molar-refractivity contribution in [1.82, 2.24) is 20.5 Å². The van der Waals surface area contributed by atoms with Crippen molar-refractivity contribution in [2.75, 3.05) is 24.6 Å². The quantitative estimate of drug-likeness (QED) is 0.878. The maximum Gasteiger partial charge on any atom is 0.151 e. The summed E-state index contributed by atoms with van der Waals surface area (Å²) in [6.45, 7) is 7.39. The van der Waals surface area contributed by atoms with Crippen molar-refractivity contribution in [3.63, 3.8) is 0 Å². The molecular weight excluding hydrogens is 302 g/mol. The van der Waals surface area contributed by atoms with E-state index in [-0.39, 0.29) is 0 Å². The minimum atomic E-state index is 0.442. The Morgan fingerprint density at radius 2 is 2.21 bits per heavy atom. The van der Waals surface area contributed by atoms with Crippen LogP contribution in [0.5, 0.6) is 5.75 Å². The first kappa shape index (κ1) is 16.6. The molecule has 1 aliphatic rings. The van der Waals surface area contributed by atoms with Crippen LogP contribution in [0.4, 0.5) is 5.82 Å². The molecule has 1 atom stereocenters. The van der Waals surface area contributed by atoms with Crippen LogP contribution in [-0.4, -0.2) is 40.9 Å². The van der Waals surface area contributed by atoms with E-state index < -0.39 is 0 Å². The number of hydrogen-bond acceptors (Lipinski definition) is 6. The van der Waals surface area contributed by atoms with Crippen LogP contribution in [0.3, 0.4) is 0 Å². The molecular formula is C18H25N5O. The molecule has 0 spiro atoms. The fourth-order valence-corrected chi connectivity index (χ4v) is 2.98. The van der Waals surface area contributed by atoms with Crippen LogP contribution in [0.15, 0.2) is 30.6 Å². The van der Waals surface area contributed by atoms with Gasteiger partial charge in [0, 0.05) is 31.9 Å². The molecule has 24 heavy (non-hydrogen) atoms. The maximum atomic E-state index is 5.51. The first-order valence-corrected chi connectivity index (χ1v) is 8.60. The van der Waals surface area contributed by atoms with Gasteiger partial charge in [0.25, 0.3) is 0 Å². The van der Waals surface area contributed by atoms with Crippen molar-refractivity contribution >= 4 is 5.82 Å². The third-order valence-corrected chi connectivity index (χ3v) is 4.20. The number of pyridine rings is 1. The number of hydrogen-bond donors (Lipinski definition) is 1. The summed E-state index contributed by atoms with van der Waals surface area (Å²) in [6, 6.07) is 6.57. The van der Waals surface area contributed by atoms with Gasteiger partial charge in [0.15, 0.2) is 5.82 Å². The fourth-order valence-electron chi connectivity index (χ4n) is 2.98. The minimum Gasteiger partial charge on any atom is -0.492 e. The van der Waals surface area contributed by atoms with Gasteiger partial charge in [-0.15, -0.1) is 5.10 Å². The number of piperidine rings is 1. The molecule has 0 aliphatic carbocycles. The first-order chi connectivity index (χ1) is 11.7. The molecule has 6 nitrogen and oxygen atoms in total. The average Bonchev–Trinajstić information content (AvgIpc) is 2.62. The lowest BCUT2D eigenvalue weighted by Crippen LogP contribution is -2.45. The molecule has 6 heteroatoms. The predicted octanol–water partition coefficient (Wildman–Crippen LogP) is 2.34. The van der Waals surface area contributed by atoms with Gasteiger partial charge in [-0.25, -0.2) is 0 Å². The van der Waals surface area contributed by atoms with E-state index in [9.17, 15) is 0 Å². The Bertz CT molecular complexity index is 646. The summed E-state index contributed by atoms with van der Waals surface area (Å²) in [5.74, 6) is 1.80. The third-order valence-electron chi connectivity index (χ3n) is 4.20. The van der Waals surface area contributed by atoms with Gasteiger partial charge in [-0.3, -0.25) is 4.98 Å². The topological polar surface area (TPSA) is 63.2 Å². The monoisotopic (exact) mass is 327 g/mol. The Hall–Kier alpha value is -2.21. The van der Waals surface area contributed by atoms with Gasteiger partial charge in [-0.1, -0.05) is 0 Å². The number of aromatic nitrogens is 3. The van der Waals surface area contributed by atoms with E-state index in [1.165, 1.54) is 6.42 Å². The van der Waals surface area contributed by atoms with E-state index in [4.69, 9.17) is 4.74 Å². The lowest BCUT2D eigenvalue weighted by molar-refractivity contribution is 0.338. The van der Waals surface area contributed by atoms with Crippen molar-refractivity contribution in [3.8, 4) is 5.75 Å². The largest absolute Gasteiger partial charge is 0.492 e. The lowest BCUT2D eigenvalue weighted by Gasteiger charge is -2.33. The number of ether oxygens (including phenoxy) is 1. The molecule has 1 saturated heterocycles. The first-order valence-electron chi connectivity index (χ1n) is 8.60. The van der Waals surface area contributed by atoms with Crippen LogP contribution in [0, 0.1) is 6.92 Å². The van der Waals surface area contributed by atoms with Gasteiger partial charge in [0.1, 0.15) is 5.75 Å². The Morgan fingerprint density at radius 3 is 3.00 bits per heavy atom. The standard InChI is InChI=1S/C18H25N5O/c1-3-24-17-9-15(10-19-12-17)11-20-16-5-4-8-23(13-16)18-7-6-14(2)21-22-18/h6-7,9-10,12,16,20H,3-5,8,11,13H2,1-2H3. The maximum absolute atomic E-state index is 5.51. The van der Waals surface area contributed by atoms with Gasteiger partial charge in [0.05, 0.1) is 18.5 Å². The van der Waals surface area contributed by atoms with Gasteiger partial charge in [0.2, 0.25) is 0 Å². The molecule has 1 N–H and O–H groups in total. The zero-order chi connectivity index (χ0) is 16.8. The van der Waals surface area contributed by atoms with Gasteiger partial charge >= 0.3 is 0 Å². The summed E-state index contributed by atoms with van der Waals surface area (Å²) in [6.07, 6.45) is 5.98. The normalized spacial score (nSPS) is 17.8. The van der Waals surface area contributed by atoms with E-state index in [1.54, 1.807) is 6.20 Å². The summed E-state index contributed by atoms with van der Waals surface area (Å²) in [5.41, 5.74) is 2.10. The molecule has 1 fully saturated rings. The molecule has 2 aromatic heterocycles. The Kier molecular flexibility index (Phi) is 5.59. The smallest absolute Gasteiger partial charge is 0.151 e. The highest BCUT2D eigenvalue weighted by atomic mass is 16.5. The Morgan fingerprint density at radius 1 is 1.29 bits per heavy atom. The van der Waals surface area contributed by atoms with Crippen molar-refractivity contribution < 1.29 is 4.74 Å². The number of rotatable bonds is 6. The van der Waals surface area contributed by atoms with E-state index >= 15 is 0 Å². The Labute approximate surface area is 143 Å². The van der Waals surface area contributed by atoms with Crippen LogP contribution in [-0.2, 0) is 6.54 Å². The van der Waals surface area contributed by atoms with Crippen molar-refractivity contribution in [3.05, 3.63) is 41.9 Å². The molecule has 3 heterocycles. The van der Waals surface area contributed by atoms with Crippen LogP contribution in [0.25, 0.3) is 0 Å². The van der Waals surface area contributed by atoms with Crippen LogP contribution in [0.1, 0.15) is 31.0 Å². The number of aryl methyl sites for hydroxylation is 1. The van der Waals surface area contributed by atoms with Crippen molar-refractivity contribution in [2.24, 2.45) is 0 Å². The highest BCUT2D eigenvalue weighted by Gasteiger charge is 2.20. The molecule has 0 aromatic carbocycles. The molecule has 1 unspecified atom stereocenters. The van der Waals surface area contributed by atoms with Gasteiger partial charge in [-0.05, 0) is 50.5 Å². The second-order valence-electron chi connectivity index (χ2n) is 6.16. The molecule has 0 saturated carbocycles. The number of nitrogens with one attached hydrogen (secondary N) is 1. The number of nitrogens with zero attached hydrogens (tertiary/aromatic N) is 4. The molecule has 1 aliphatic heterocycles. The summed E-state index contributed by atoms with van der Waals surface area (Å²) < 4.78 is 5.51. The minimum absolute atomic E-state index is 0.442. The average molecular weight is 327 g/mol. The second kappa shape index (κ2) is 8.06. The molecule has 0 bridgehead atoms. The highest BCUT2D eigenvalue weighted by Crippen LogP contribution is 2.18. The molecule has 2 aromatic rings. The van der Waals surface area contributed by atoms with E-state index in [0.717, 1.165) is 48.9 Å². The van der Waals surface area contributed by atoms with Crippen LogP contribution < -0.4 is 15.0 Å². The second-order valence-corrected chi connectivity index (χ2v) is 6.16. The van der Waals surface area contributed by atoms with E-state index in [2.05, 4.69) is 37.5 Å². The Balaban J connectivity index is 1.55. The van der Waals surface area contributed by atoms with Gasteiger partial charge < -0.3 is 15.0 Å². The lowest BCUT2D eigenvalue weighted by atomic mass is 10.1. The summed E-state index contributed by atoms with van der Waals surface area (Å²) in [5, 5.41) is 12.1. The SMILES string of the molecule is CCOc1cncc(CNC2CCCN(c3ccc(C)nn3)C2)c1. The zero-order valence-electron chi connectivity index (χ0n) is 14.4. The number of anilines is 1. The molecule has 128 valence electrons. The third kappa shape index (κ3) is 4.41. The summed E-state index contributed by atoms with van der Waals surface area (Å²) >= 11 is 0. The van der Waals surface area contributed by atoms with Gasteiger partial charge in [-0.2, -0.15) is 5.10 Å². The highest BCUT2D eigenvalue weighted by molar-refractivity contribution is 5.38. The predicted molar refractivity (Wildman–Crippen MR) is 94.2 cm³/mol. The van der Waals surface area contributed by atoms with E-state index in [0.29, 0.717) is 12.6 Å².